The lowest BCUT2D eigenvalue weighted by Gasteiger charge is -2.33. The Morgan fingerprint density at radius 3 is 2.67 bits per heavy atom. The summed E-state index contributed by atoms with van der Waals surface area (Å²) in [7, 11) is 5.18. The first-order chi connectivity index (χ1) is 7.18. The molecule has 5 nitrogen and oxygen atoms in total. The molecule has 0 aromatic heterocycles. The molecule has 2 heterocycles. The lowest BCUT2D eigenvalue weighted by Crippen LogP contribution is -2.52. The SMILES string of the molecule is COC1(OC)CO[C@@H]2[C@H](C=O)CN(C)[C@@H]21. The van der Waals surface area contributed by atoms with Crippen molar-refractivity contribution in [2.45, 2.75) is 17.9 Å². The van der Waals surface area contributed by atoms with Gasteiger partial charge >= 0.3 is 0 Å². The van der Waals surface area contributed by atoms with E-state index in [2.05, 4.69) is 4.90 Å². The van der Waals surface area contributed by atoms with Crippen molar-refractivity contribution in [3.63, 3.8) is 0 Å². The van der Waals surface area contributed by atoms with Crippen molar-refractivity contribution in [2.24, 2.45) is 5.92 Å². The van der Waals surface area contributed by atoms with Crippen LogP contribution in [-0.4, -0.2) is 63.5 Å². The smallest absolute Gasteiger partial charge is 0.210 e. The molecule has 2 rings (SSSR count). The summed E-state index contributed by atoms with van der Waals surface area (Å²) in [5, 5.41) is 0. The number of ether oxygens (including phenoxy) is 3. The average Bonchev–Trinajstić information content (AvgIpc) is 2.78. The predicted molar refractivity (Wildman–Crippen MR) is 52.5 cm³/mol. The number of rotatable bonds is 3. The zero-order valence-corrected chi connectivity index (χ0v) is 9.30. The summed E-state index contributed by atoms with van der Waals surface area (Å²) >= 11 is 0. The molecule has 2 aliphatic rings. The monoisotopic (exact) mass is 215 g/mol. The molecule has 0 spiro atoms. The molecular weight excluding hydrogens is 198 g/mol. The normalized spacial score (nSPS) is 39.3. The highest BCUT2D eigenvalue weighted by Gasteiger charge is 2.59. The first-order valence-corrected chi connectivity index (χ1v) is 5.06. The number of nitrogens with zero attached hydrogens (tertiary/aromatic N) is 1. The third-order valence-corrected chi connectivity index (χ3v) is 3.50. The summed E-state index contributed by atoms with van der Waals surface area (Å²) in [4.78, 5) is 13.0. The van der Waals surface area contributed by atoms with Gasteiger partial charge in [0.25, 0.3) is 0 Å². The molecule has 0 N–H and O–H groups in total. The summed E-state index contributed by atoms with van der Waals surface area (Å²) in [6.45, 7) is 1.08. The van der Waals surface area contributed by atoms with Crippen molar-refractivity contribution in [1.82, 2.24) is 4.90 Å². The van der Waals surface area contributed by atoms with Gasteiger partial charge < -0.3 is 19.0 Å². The molecular formula is C10H17NO4. The maximum atomic E-state index is 10.9. The summed E-state index contributed by atoms with van der Waals surface area (Å²) in [6.07, 6.45) is 0.857. The van der Waals surface area contributed by atoms with E-state index in [1.54, 1.807) is 14.2 Å². The molecule has 0 unspecified atom stereocenters. The van der Waals surface area contributed by atoms with Crippen LogP contribution < -0.4 is 0 Å². The fraction of sp³-hybridized carbons (Fsp3) is 0.900. The first-order valence-electron chi connectivity index (χ1n) is 5.06. The highest BCUT2D eigenvalue weighted by molar-refractivity contribution is 5.56. The number of fused-ring (bicyclic) bond motifs is 1. The van der Waals surface area contributed by atoms with Gasteiger partial charge in [0.15, 0.2) is 0 Å². The Bertz CT molecular complexity index is 254. The minimum Gasteiger partial charge on any atom is -0.370 e. The third kappa shape index (κ3) is 1.42. The maximum Gasteiger partial charge on any atom is 0.210 e. The van der Waals surface area contributed by atoms with Gasteiger partial charge in [-0.2, -0.15) is 0 Å². The largest absolute Gasteiger partial charge is 0.370 e. The summed E-state index contributed by atoms with van der Waals surface area (Å²) < 4.78 is 16.5. The molecule has 0 bridgehead atoms. The zero-order chi connectivity index (χ0) is 11.1. The number of methoxy groups -OCH3 is 2. The van der Waals surface area contributed by atoms with E-state index in [1.165, 1.54) is 0 Å². The van der Waals surface area contributed by atoms with Crippen molar-refractivity contribution in [3.05, 3.63) is 0 Å². The van der Waals surface area contributed by atoms with E-state index in [0.29, 0.717) is 13.2 Å². The Hall–Kier alpha value is -0.490. The Balaban J connectivity index is 2.25. The van der Waals surface area contributed by atoms with Gasteiger partial charge in [0.1, 0.15) is 12.9 Å². The van der Waals surface area contributed by atoms with E-state index in [4.69, 9.17) is 14.2 Å². The van der Waals surface area contributed by atoms with Gasteiger partial charge in [-0.05, 0) is 7.05 Å². The summed E-state index contributed by atoms with van der Waals surface area (Å²) in [6, 6.07) is 0.00250. The first kappa shape index (κ1) is 11.0. The number of hydrogen-bond acceptors (Lipinski definition) is 5. The van der Waals surface area contributed by atoms with Crippen LogP contribution in [0, 0.1) is 5.92 Å². The third-order valence-electron chi connectivity index (χ3n) is 3.50. The molecule has 2 aliphatic heterocycles. The summed E-state index contributed by atoms with van der Waals surface area (Å²) in [5.41, 5.74) is 0. The second-order valence-corrected chi connectivity index (χ2v) is 4.18. The van der Waals surface area contributed by atoms with Gasteiger partial charge in [-0.3, -0.25) is 4.90 Å². The van der Waals surface area contributed by atoms with E-state index in [1.807, 2.05) is 7.05 Å². The zero-order valence-electron chi connectivity index (χ0n) is 9.30. The number of aldehydes is 1. The van der Waals surface area contributed by atoms with Crippen LogP contribution in [0.2, 0.25) is 0 Å². The molecule has 3 atom stereocenters. The molecule has 0 amide bonds. The van der Waals surface area contributed by atoms with Gasteiger partial charge in [-0.25, -0.2) is 0 Å². The van der Waals surface area contributed by atoms with Crippen LogP contribution in [-0.2, 0) is 19.0 Å². The lowest BCUT2D eigenvalue weighted by atomic mass is 10.0. The molecule has 2 fully saturated rings. The molecule has 15 heavy (non-hydrogen) atoms. The number of carbonyl (C=O) groups excluding carboxylic acids is 1. The van der Waals surface area contributed by atoms with Gasteiger partial charge in [0, 0.05) is 20.8 Å². The van der Waals surface area contributed by atoms with Gasteiger partial charge in [-0.15, -0.1) is 0 Å². The highest BCUT2D eigenvalue weighted by atomic mass is 16.7. The Morgan fingerprint density at radius 1 is 1.47 bits per heavy atom. The van der Waals surface area contributed by atoms with Crippen LogP contribution in [0.5, 0.6) is 0 Å². The number of likely N-dealkylation sites (tertiary alicyclic amines) is 1. The van der Waals surface area contributed by atoms with E-state index in [-0.39, 0.29) is 18.1 Å². The second kappa shape index (κ2) is 3.83. The molecule has 0 saturated carbocycles. The highest BCUT2D eigenvalue weighted by Crippen LogP contribution is 2.39. The molecule has 0 radical (unpaired) electrons. The minimum absolute atomic E-state index is 0.00250. The Labute approximate surface area is 89.3 Å². The molecule has 0 aliphatic carbocycles. The maximum absolute atomic E-state index is 10.9. The quantitative estimate of drug-likeness (QED) is 0.469. The fourth-order valence-corrected chi connectivity index (χ4v) is 2.70. The van der Waals surface area contributed by atoms with Gasteiger partial charge in [0.05, 0.1) is 18.1 Å². The van der Waals surface area contributed by atoms with Crippen molar-refractivity contribution < 1.29 is 19.0 Å². The van der Waals surface area contributed by atoms with E-state index < -0.39 is 5.79 Å². The van der Waals surface area contributed by atoms with Crippen molar-refractivity contribution in [1.29, 1.82) is 0 Å². The fourth-order valence-electron chi connectivity index (χ4n) is 2.70. The van der Waals surface area contributed by atoms with E-state index in [9.17, 15) is 4.79 Å². The second-order valence-electron chi connectivity index (χ2n) is 4.18. The van der Waals surface area contributed by atoms with Crippen LogP contribution in [0.4, 0.5) is 0 Å². The molecule has 0 aromatic carbocycles. The number of likely N-dealkylation sites (N-methyl/N-ethyl adjacent to an activating group) is 1. The average molecular weight is 215 g/mol. The van der Waals surface area contributed by atoms with E-state index >= 15 is 0 Å². The van der Waals surface area contributed by atoms with Gasteiger partial charge in [-0.1, -0.05) is 0 Å². The topological polar surface area (TPSA) is 48.0 Å². The van der Waals surface area contributed by atoms with Crippen LogP contribution in [0.25, 0.3) is 0 Å². The van der Waals surface area contributed by atoms with Crippen LogP contribution in [0.3, 0.4) is 0 Å². The molecule has 86 valence electrons. The van der Waals surface area contributed by atoms with Crippen LogP contribution in [0.15, 0.2) is 0 Å². The lowest BCUT2D eigenvalue weighted by molar-refractivity contribution is -0.225. The summed E-state index contributed by atoms with van der Waals surface area (Å²) in [5.74, 6) is -0.802. The minimum atomic E-state index is -0.725. The predicted octanol–water partition coefficient (Wildman–Crippen LogP) is -0.497. The molecule has 5 heteroatoms. The Morgan fingerprint density at radius 2 is 2.13 bits per heavy atom. The van der Waals surface area contributed by atoms with Crippen molar-refractivity contribution >= 4 is 6.29 Å². The van der Waals surface area contributed by atoms with Gasteiger partial charge in [0.2, 0.25) is 5.79 Å². The van der Waals surface area contributed by atoms with Crippen LogP contribution >= 0.6 is 0 Å². The standard InChI is InChI=1S/C10H17NO4/c1-11-4-7(5-12)8-9(11)10(13-2,14-3)6-15-8/h5,7-9H,4,6H2,1-3H3/t7-,8+,9-/m0/s1. The van der Waals surface area contributed by atoms with Crippen molar-refractivity contribution in [3.8, 4) is 0 Å². The van der Waals surface area contributed by atoms with Crippen molar-refractivity contribution in [2.75, 3.05) is 34.4 Å². The number of carbonyl (C=O) groups is 1. The molecule has 2 saturated heterocycles. The van der Waals surface area contributed by atoms with E-state index in [0.717, 1.165) is 6.29 Å². The molecule has 0 aromatic rings. The number of hydrogen-bond donors (Lipinski definition) is 0. The van der Waals surface area contributed by atoms with Crippen LogP contribution in [0.1, 0.15) is 0 Å². The Kier molecular flexibility index (Phi) is 2.81.